The summed E-state index contributed by atoms with van der Waals surface area (Å²) < 4.78 is 1.60. The Labute approximate surface area is 93.6 Å². The molecule has 0 radical (unpaired) electrons. The second-order valence-corrected chi connectivity index (χ2v) is 4.02. The van der Waals surface area contributed by atoms with Gasteiger partial charge in [0, 0.05) is 32.2 Å². The van der Waals surface area contributed by atoms with Gasteiger partial charge in [-0.25, -0.2) is 0 Å². The molecule has 0 aromatic carbocycles. The lowest BCUT2D eigenvalue weighted by atomic mass is 10.0. The molecule has 0 saturated carbocycles. The molecule has 1 amide bonds. The van der Waals surface area contributed by atoms with Crippen molar-refractivity contribution in [1.82, 2.24) is 14.7 Å². The van der Waals surface area contributed by atoms with Crippen molar-refractivity contribution in [2.75, 3.05) is 25.4 Å². The van der Waals surface area contributed by atoms with Crippen LogP contribution in [0.3, 0.4) is 0 Å². The number of rotatable bonds is 3. The minimum atomic E-state index is -0.0958. The number of likely N-dealkylation sites (tertiary alicyclic amines) is 1. The van der Waals surface area contributed by atoms with Crippen molar-refractivity contribution in [2.45, 2.75) is 13.5 Å². The normalized spacial score (nSPS) is 16.2. The number of aromatic nitrogens is 2. The Balaban J connectivity index is 2.12. The number of carbonyl (C=O) groups is 1. The van der Waals surface area contributed by atoms with Crippen LogP contribution in [0.5, 0.6) is 0 Å². The number of aryl methyl sites for hydroxylation is 1. The SMILES string of the molecule is CCn1ncc(N)c1C(=O)N1CC(CO)C1. The molecule has 6 heteroatoms. The Morgan fingerprint density at radius 3 is 2.94 bits per heavy atom. The molecule has 1 aliphatic heterocycles. The Bertz CT molecular complexity index is 396. The van der Waals surface area contributed by atoms with Gasteiger partial charge in [-0.1, -0.05) is 0 Å². The molecule has 2 rings (SSSR count). The summed E-state index contributed by atoms with van der Waals surface area (Å²) in [5.74, 6) is 0.115. The van der Waals surface area contributed by atoms with Crippen LogP contribution in [0.25, 0.3) is 0 Å². The van der Waals surface area contributed by atoms with E-state index in [0.717, 1.165) is 0 Å². The maximum atomic E-state index is 12.1. The zero-order chi connectivity index (χ0) is 11.7. The number of amides is 1. The number of anilines is 1. The lowest BCUT2D eigenvalue weighted by molar-refractivity contribution is 0.0352. The summed E-state index contributed by atoms with van der Waals surface area (Å²) in [6.45, 7) is 3.87. The van der Waals surface area contributed by atoms with Gasteiger partial charge < -0.3 is 15.7 Å². The van der Waals surface area contributed by atoms with E-state index in [-0.39, 0.29) is 18.4 Å². The van der Waals surface area contributed by atoms with E-state index in [1.54, 1.807) is 9.58 Å². The number of nitrogens with zero attached hydrogens (tertiary/aromatic N) is 3. The van der Waals surface area contributed by atoms with Crippen molar-refractivity contribution < 1.29 is 9.90 Å². The molecule has 1 fully saturated rings. The van der Waals surface area contributed by atoms with Gasteiger partial charge in [-0.3, -0.25) is 9.48 Å². The van der Waals surface area contributed by atoms with E-state index in [1.165, 1.54) is 6.20 Å². The molecular formula is C10H16N4O2. The highest BCUT2D eigenvalue weighted by molar-refractivity contribution is 5.97. The zero-order valence-electron chi connectivity index (χ0n) is 9.26. The standard InChI is InChI=1S/C10H16N4O2/c1-2-14-9(8(11)3-12-14)10(16)13-4-7(5-13)6-15/h3,7,15H,2,4-6,11H2,1H3. The first-order valence-electron chi connectivity index (χ1n) is 5.38. The number of hydrogen-bond donors (Lipinski definition) is 2. The average molecular weight is 224 g/mol. The maximum absolute atomic E-state index is 12.1. The van der Waals surface area contributed by atoms with Gasteiger partial charge in [0.15, 0.2) is 0 Å². The molecule has 3 N–H and O–H groups in total. The van der Waals surface area contributed by atoms with Crippen molar-refractivity contribution in [1.29, 1.82) is 0 Å². The Kier molecular flexibility index (Phi) is 2.82. The van der Waals surface area contributed by atoms with E-state index in [1.807, 2.05) is 6.92 Å². The minimum absolute atomic E-state index is 0.0958. The average Bonchev–Trinajstić information content (AvgIpc) is 2.57. The molecule has 0 aliphatic carbocycles. The molecule has 1 aromatic heterocycles. The Morgan fingerprint density at radius 2 is 2.38 bits per heavy atom. The van der Waals surface area contributed by atoms with E-state index < -0.39 is 0 Å². The molecule has 1 saturated heterocycles. The van der Waals surface area contributed by atoms with Crippen molar-refractivity contribution >= 4 is 11.6 Å². The van der Waals surface area contributed by atoms with Gasteiger partial charge in [0.25, 0.3) is 5.91 Å². The first-order chi connectivity index (χ1) is 7.67. The fourth-order valence-corrected chi connectivity index (χ4v) is 1.87. The molecule has 0 spiro atoms. The molecule has 0 bridgehead atoms. The van der Waals surface area contributed by atoms with Crippen molar-refractivity contribution in [3.05, 3.63) is 11.9 Å². The van der Waals surface area contributed by atoms with E-state index in [4.69, 9.17) is 10.8 Å². The second kappa shape index (κ2) is 4.13. The van der Waals surface area contributed by atoms with E-state index in [9.17, 15) is 4.79 Å². The summed E-state index contributed by atoms with van der Waals surface area (Å²) in [5, 5.41) is 12.9. The van der Waals surface area contributed by atoms with Gasteiger partial charge in [-0.15, -0.1) is 0 Å². The van der Waals surface area contributed by atoms with E-state index in [0.29, 0.717) is 31.0 Å². The van der Waals surface area contributed by atoms with Gasteiger partial charge in [0.1, 0.15) is 5.69 Å². The summed E-state index contributed by atoms with van der Waals surface area (Å²) in [6.07, 6.45) is 1.50. The molecule has 1 aromatic rings. The fourth-order valence-electron chi connectivity index (χ4n) is 1.87. The van der Waals surface area contributed by atoms with Gasteiger partial charge in [-0.05, 0) is 6.92 Å². The highest BCUT2D eigenvalue weighted by Gasteiger charge is 2.32. The lowest BCUT2D eigenvalue weighted by Crippen LogP contribution is -2.51. The number of aliphatic hydroxyl groups excluding tert-OH is 1. The van der Waals surface area contributed by atoms with Crippen LogP contribution in [0.1, 0.15) is 17.4 Å². The van der Waals surface area contributed by atoms with Crippen LogP contribution >= 0.6 is 0 Å². The fraction of sp³-hybridized carbons (Fsp3) is 0.600. The minimum Gasteiger partial charge on any atom is -0.396 e. The molecule has 88 valence electrons. The quantitative estimate of drug-likeness (QED) is 0.728. The topological polar surface area (TPSA) is 84.4 Å². The number of carbonyl (C=O) groups excluding carboxylic acids is 1. The summed E-state index contributed by atoms with van der Waals surface area (Å²) in [7, 11) is 0. The number of hydrogen-bond acceptors (Lipinski definition) is 4. The molecule has 0 unspecified atom stereocenters. The second-order valence-electron chi connectivity index (χ2n) is 4.02. The highest BCUT2D eigenvalue weighted by atomic mass is 16.3. The predicted octanol–water partition coefficient (Wildman–Crippen LogP) is -0.451. The van der Waals surface area contributed by atoms with Crippen LogP contribution in [0.4, 0.5) is 5.69 Å². The molecule has 6 nitrogen and oxygen atoms in total. The zero-order valence-corrected chi connectivity index (χ0v) is 9.26. The smallest absolute Gasteiger partial charge is 0.274 e. The van der Waals surface area contributed by atoms with Gasteiger partial charge in [0.05, 0.1) is 11.9 Å². The van der Waals surface area contributed by atoms with Crippen LogP contribution in [-0.2, 0) is 6.54 Å². The Hall–Kier alpha value is -1.56. The summed E-state index contributed by atoms with van der Waals surface area (Å²) >= 11 is 0. The van der Waals surface area contributed by atoms with Crippen LogP contribution < -0.4 is 5.73 Å². The summed E-state index contributed by atoms with van der Waals surface area (Å²) in [4.78, 5) is 13.7. The van der Waals surface area contributed by atoms with Crippen LogP contribution in [0.2, 0.25) is 0 Å². The van der Waals surface area contributed by atoms with Crippen LogP contribution in [-0.4, -0.2) is 45.4 Å². The number of aliphatic hydroxyl groups is 1. The third kappa shape index (κ3) is 1.65. The van der Waals surface area contributed by atoms with Crippen LogP contribution in [0, 0.1) is 5.92 Å². The van der Waals surface area contributed by atoms with Gasteiger partial charge >= 0.3 is 0 Å². The van der Waals surface area contributed by atoms with Crippen molar-refractivity contribution in [2.24, 2.45) is 5.92 Å². The molecule has 0 atom stereocenters. The monoisotopic (exact) mass is 224 g/mol. The molecule has 2 heterocycles. The largest absolute Gasteiger partial charge is 0.396 e. The molecule has 1 aliphatic rings. The summed E-state index contributed by atoms with van der Waals surface area (Å²) in [5.41, 5.74) is 6.59. The van der Waals surface area contributed by atoms with Crippen LogP contribution in [0.15, 0.2) is 6.20 Å². The first kappa shape index (κ1) is 10.9. The highest BCUT2D eigenvalue weighted by Crippen LogP contribution is 2.21. The third-order valence-electron chi connectivity index (χ3n) is 2.87. The van der Waals surface area contributed by atoms with Crippen molar-refractivity contribution in [3.63, 3.8) is 0 Å². The predicted molar refractivity (Wildman–Crippen MR) is 58.8 cm³/mol. The van der Waals surface area contributed by atoms with E-state index >= 15 is 0 Å². The van der Waals surface area contributed by atoms with E-state index in [2.05, 4.69) is 5.10 Å². The first-order valence-corrected chi connectivity index (χ1v) is 5.38. The molecular weight excluding hydrogens is 208 g/mol. The summed E-state index contributed by atoms with van der Waals surface area (Å²) in [6, 6.07) is 0. The van der Waals surface area contributed by atoms with Gasteiger partial charge in [-0.2, -0.15) is 5.10 Å². The number of nitrogens with two attached hydrogens (primary N) is 1. The Morgan fingerprint density at radius 1 is 1.69 bits per heavy atom. The van der Waals surface area contributed by atoms with Crippen molar-refractivity contribution in [3.8, 4) is 0 Å². The third-order valence-corrected chi connectivity index (χ3v) is 2.87. The molecule has 16 heavy (non-hydrogen) atoms. The number of nitrogen functional groups attached to an aromatic ring is 1. The van der Waals surface area contributed by atoms with Gasteiger partial charge in [0.2, 0.25) is 0 Å². The lowest BCUT2D eigenvalue weighted by Gasteiger charge is -2.38. The maximum Gasteiger partial charge on any atom is 0.274 e.